The summed E-state index contributed by atoms with van der Waals surface area (Å²) in [5.41, 5.74) is 2.48. The van der Waals surface area contributed by atoms with Gasteiger partial charge in [0.2, 0.25) is 5.91 Å². The molecule has 6 nitrogen and oxygen atoms in total. The van der Waals surface area contributed by atoms with Crippen LogP contribution in [0.5, 0.6) is 0 Å². The number of amides is 2. The molecule has 2 aromatic rings. The van der Waals surface area contributed by atoms with Gasteiger partial charge in [0.15, 0.2) is 0 Å². The van der Waals surface area contributed by atoms with E-state index in [9.17, 15) is 18.0 Å². The number of aryl methyl sites for hydroxylation is 1. The van der Waals surface area contributed by atoms with Crippen molar-refractivity contribution in [1.29, 1.82) is 0 Å². The van der Waals surface area contributed by atoms with Gasteiger partial charge < -0.3 is 10.6 Å². The van der Waals surface area contributed by atoms with Gasteiger partial charge in [-0.3, -0.25) is 9.59 Å². The van der Waals surface area contributed by atoms with Crippen LogP contribution in [-0.4, -0.2) is 44.8 Å². The predicted octanol–water partition coefficient (Wildman–Crippen LogP) is 2.38. The highest BCUT2D eigenvalue weighted by molar-refractivity contribution is 7.90. The van der Waals surface area contributed by atoms with E-state index in [4.69, 9.17) is 0 Å². The first-order valence-electron chi connectivity index (χ1n) is 10.1. The Balaban J connectivity index is 1.68. The first-order valence-corrected chi connectivity index (χ1v) is 12.1. The Morgan fingerprint density at radius 2 is 1.77 bits per heavy atom. The summed E-state index contributed by atoms with van der Waals surface area (Å²) >= 11 is 0. The van der Waals surface area contributed by atoms with Crippen LogP contribution < -0.4 is 10.6 Å². The summed E-state index contributed by atoms with van der Waals surface area (Å²) in [5.74, 6) is -0.929. The van der Waals surface area contributed by atoms with E-state index in [1.165, 1.54) is 5.56 Å². The van der Waals surface area contributed by atoms with Crippen molar-refractivity contribution in [1.82, 2.24) is 10.6 Å². The Morgan fingerprint density at radius 1 is 1.07 bits per heavy atom. The van der Waals surface area contributed by atoms with Crippen LogP contribution in [0, 0.1) is 6.92 Å². The SMILES string of the molecule is Cc1cccc(C(=O)N[C@@H](CCS(C)(=O)=O)C(=O)NCC2(c3ccccc3)CC2)c1. The van der Waals surface area contributed by atoms with Gasteiger partial charge in [0.25, 0.3) is 5.91 Å². The lowest BCUT2D eigenvalue weighted by atomic mass is 9.96. The summed E-state index contributed by atoms with van der Waals surface area (Å²) in [6.07, 6.45) is 3.13. The van der Waals surface area contributed by atoms with Gasteiger partial charge in [-0.25, -0.2) is 8.42 Å². The Kier molecular flexibility index (Phi) is 6.61. The summed E-state index contributed by atoms with van der Waals surface area (Å²) in [7, 11) is -3.27. The van der Waals surface area contributed by atoms with Crippen molar-refractivity contribution < 1.29 is 18.0 Å². The molecule has 0 aliphatic heterocycles. The van der Waals surface area contributed by atoms with Crippen molar-refractivity contribution >= 4 is 21.7 Å². The highest BCUT2D eigenvalue weighted by Crippen LogP contribution is 2.47. The zero-order valence-corrected chi connectivity index (χ0v) is 18.2. The van der Waals surface area contributed by atoms with Gasteiger partial charge >= 0.3 is 0 Å². The van der Waals surface area contributed by atoms with Crippen LogP contribution in [0.15, 0.2) is 54.6 Å². The molecule has 0 bridgehead atoms. The Labute approximate surface area is 178 Å². The van der Waals surface area contributed by atoms with Crippen LogP contribution in [0.25, 0.3) is 0 Å². The largest absolute Gasteiger partial charge is 0.353 e. The van der Waals surface area contributed by atoms with Crippen molar-refractivity contribution in [2.75, 3.05) is 18.6 Å². The number of hydrogen-bond donors (Lipinski definition) is 2. The lowest BCUT2D eigenvalue weighted by molar-refractivity contribution is -0.123. The Hall–Kier alpha value is -2.67. The van der Waals surface area contributed by atoms with Crippen molar-refractivity contribution in [3.05, 3.63) is 71.3 Å². The highest BCUT2D eigenvalue weighted by atomic mass is 32.2. The Morgan fingerprint density at radius 3 is 2.37 bits per heavy atom. The van der Waals surface area contributed by atoms with Crippen molar-refractivity contribution in [3.8, 4) is 0 Å². The minimum Gasteiger partial charge on any atom is -0.353 e. The van der Waals surface area contributed by atoms with E-state index in [2.05, 4.69) is 22.8 Å². The molecule has 0 radical (unpaired) electrons. The third kappa shape index (κ3) is 5.92. The molecule has 7 heteroatoms. The van der Waals surface area contributed by atoms with E-state index in [0.29, 0.717) is 12.1 Å². The number of carbonyl (C=O) groups is 2. The molecule has 1 fully saturated rings. The summed E-state index contributed by atoms with van der Waals surface area (Å²) in [6.45, 7) is 2.34. The maximum atomic E-state index is 12.9. The van der Waals surface area contributed by atoms with E-state index in [1.807, 2.05) is 31.2 Å². The van der Waals surface area contributed by atoms with Crippen molar-refractivity contribution in [2.45, 2.75) is 37.6 Å². The van der Waals surface area contributed by atoms with E-state index in [1.54, 1.807) is 18.2 Å². The molecule has 2 N–H and O–H groups in total. The van der Waals surface area contributed by atoms with Crippen LogP contribution >= 0.6 is 0 Å². The molecule has 3 rings (SSSR count). The third-order valence-corrected chi connectivity index (χ3v) is 6.50. The number of nitrogens with one attached hydrogen (secondary N) is 2. The van der Waals surface area contributed by atoms with Gasteiger partial charge in [-0.2, -0.15) is 0 Å². The second-order valence-corrected chi connectivity index (χ2v) is 10.4. The standard InChI is InChI=1S/C23H28N2O4S/c1-17-7-6-8-18(15-17)21(26)25-20(11-14-30(2,28)29)22(27)24-16-23(12-13-23)19-9-4-3-5-10-19/h3-10,15,20H,11-14,16H2,1-2H3,(H,24,27)(H,25,26)/t20-/m0/s1. The maximum Gasteiger partial charge on any atom is 0.251 e. The fourth-order valence-corrected chi connectivity index (χ4v) is 4.18. The zero-order valence-electron chi connectivity index (χ0n) is 17.4. The molecule has 0 unspecified atom stereocenters. The highest BCUT2D eigenvalue weighted by Gasteiger charge is 2.44. The molecular weight excluding hydrogens is 400 g/mol. The normalized spacial score (nSPS) is 15.8. The number of carbonyl (C=O) groups excluding carboxylic acids is 2. The van der Waals surface area contributed by atoms with Gasteiger partial charge in [0, 0.05) is 23.8 Å². The van der Waals surface area contributed by atoms with Crippen LogP contribution in [0.3, 0.4) is 0 Å². The number of rotatable bonds is 9. The molecule has 2 aromatic carbocycles. The average Bonchev–Trinajstić information content (AvgIpc) is 3.50. The second kappa shape index (κ2) is 9.00. The van der Waals surface area contributed by atoms with Crippen molar-refractivity contribution in [3.63, 3.8) is 0 Å². The van der Waals surface area contributed by atoms with Crippen LogP contribution in [0.1, 0.15) is 40.7 Å². The topological polar surface area (TPSA) is 92.3 Å². The molecule has 1 saturated carbocycles. The minimum atomic E-state index is -3.27. The lowest BCUT2D eigenvalue weighted by Crippen LogP contribution is -2.49. The van der Waals surface area contributed by atoms with Gasteiger partial charge in [-0.1, -0.05) is 48.0 Å². The Bertz CT molecular complexity index is 1010. The van der Waals surface area contributed by atoms with Gasteiger partial charge in [0.1, 0.15) is 15.9 Å². The molecular formula is C23H28N2O4S. The van der Waals surface area contributed by atoms with Crippen molar-refractivity contribution in [2.24, 2.45) is 0 Å². The number of hydrogen-bond acceptors (Lipinski definition) is 4. The summed E-state index contributed by atoms with van der Waals surface area (Å²) < 4.78 is 23.3. The molecule has 1 aliphatic rings. The second-order valence-electron chi connectivity index (χ2n) is 8.18. The monoisotopic (exact) mass is 428 g/mol. The third-order valence-electron chi connectivity index (χ3n) is 5.52. The molecule has 0 spiro atoms. The fraction of sp³-hybridized carbons (Fsp3) is 0.391. The van der Waals surface area contributed by atoms with Crippen LogP contribution in [0.2, 0.25) is 0 Å². The fourth-order valence-electron chi connectivity index (χ4n) is 3.52. The quantitative estimate of drug-likeness (QED) is 0.641. The minimum absolute atomic E-state index is 0.0283. The first kappa shape index (κ1) is 22.0. The molecule has 0 saturated heterocycles. The summed E-state index contributed by atoms with van der Waals surface area (Å²) in [6, 6.07) is 16.2. The maximum absolute atomic E-state index is 12.9. The number of sulfone groups is 1. The van der Waals surface area contributed by atoms with Gasteiger partial charge in [0.05, 0.1) is 5.75 Å². The molecule has 2 amide bonds. The molecule has 0 heterocycles. The molecule has 0 aromatic heterocycles. The smallest absolute Gasteiger partial charge is 0.251 e. The molecule has 1 aliphatic carbocycles. The molecule has 30 heavy (non-hydrogen) atoms. The average molecular weight is 429 g/mol. The molecule has 160 valence electrons. The summed E-state index contributed by atoms with van der Waals surface area (Å²) in [4.78, 5) is 25.5. The first-order chi connectivity index (χ1) is 14.2. The lowest BCUT2D eigenvalue weighted by Gasteiger charge is -2.21. The van der Waals surface area contributed by atoms with Gasteiger partial charge in [-0.05, 0) is 43.9 Å². The van der Waals surface area contributed by atoms with E-state index in [0.717, 1.165) is 24.7 Å². The predicted molar refractivity (Wildman–Crippen MR) is 117 cm³/mol. The summed E-state index contributed by atoms with van der Waals surface area (Å²) in [5, 5.41) is 5.65. The van der Waals surface area contributed by atoms with Gasteiger partial charge in [-0.15, -0.1) is 0 Å². The van der Waals surface area contributed by atoms with E-state index < -0.39 is 21.8 Å². The van der Waals surface area contributed by atoms with Crippen LogP contribution in [0.4, 0.5) is 0 Å². The van der Waals surface area contributed by atoms with E-state index >= 15 is 0 Å². The number of benzene rings is 2. The molecule has 1 atom stereocenters. The van der Waals surface area contributed by atoms with E-state index in [-0.39, 0.29) is 23.5 Å². The van der Waals surface area contributed by atoms with Crippen LogP contribution in [-0.2, 0) is 20.0 Å². The zero-order chi connectivity index (χ0) is 21.8.